The Balaban J connectivity index is 1.39. The Labute approximate surface area is 127 Å². The fraction of sp³-hybridized carbons (Fsp3) is 0.938. The summed E-state index contributed by atoms with van der Waals surface area (Å²) >= 11 is 0. The van der Waals surface area contributed by atoms with Gasteiger partial charge in [-0.2, -0.15) is 0 Å². The predicted molar refractivity (Wildman–Crippen MR) is 80.0 cm³/mol. The lowest BCUT2D eigenvalue weighted by Gasteiger charge is -2.58. The monoisotopic (exact) mass is 293 g/mol. The summed E-state index contributed by atoms with van der Waals surface area (Å²) in [5.41, 5.74) is 0.00893. The number of likely N-dealkylation sites (tertiary alicyclic amines) is 1. The number of morpholine rings is 1. The predicted octanol–water partition coefficient (Wildman–Crippen LogP) is 0.450. The quantitative estimate of drug-likeness (QED) is 0.817. The summed E-state index contributed by atoms with van der Waals surface area (Å²) in [6, 6.07) is 0.728. The summed E-state index contributed by atoms with van der Waals surface area (Å²) in [5.74, 6) is 0.927. The first-order chi connectivity index (χ1) is 10.2. The average molecular weight is 293 g/mol. The van der Waals surface area contributed by atoms with Gasteiger partial charge in [0.15, 0.2) is 0 Å². The topological polar surface area (TPSA) is 44.8 Å². The molecule has 2 aliphatic heterocycles. The molecule has 5 nitrogen and oxygen atoms in total. The van der Waals surface area contributed by atoms with Crippen molar-refractivity contribution in [2.75, 3.05) is 39.8 Å². The number of amides is 1. The number of ether oxygens (including phenoxy) is 1. The summed E-state index contributed by atoms with van der Waals surface area (Å²) in [7, 11) is 1.73. The molecule has 0 aromatic carbocycles. The molecule has 4 rings (SSSR count). The summed E-state index contributed by atoms with van der Waals surface area (Å²) < 4.78 is 6.17. The third kappa shape index (κ3) is 2.60. The highest BCUT2D eigenvalue weighted by atomic mass is 16.5. The Morgan fingerprint density at radius 2 is 2.00 bits per heavy atom. The van der Waals surface area contributed by atoms with Crippen LogP contribution in [-0.4, -0.2) is 73.2 Å². The van der Waals surface area contributed by atoms with Gasteiger partial charge < -0.3 is 10.1 Å². The van der Waals surface area contributed by atoms with Gasteiger partial charge in [0.1, 0.15) is 11.6 Å². The van der Waals surface area contributed by atoms with Crippen LogP contribution in [0.3, 0.4) is 0 Å². The van der Waals surface area contributed by atoms with Gasteiger partial charge in [-0.15, -0.1) is 0 Å². The lowest BCUT2D eigenvalue weighted by atomic mass is 9.83. The van der Waals surface area contributed by atoms with Crippen LogP contribution in [0.4, 0.5) is 0 Å². The van der Waals surface area contributed by atoms with E-state index in [1.165, 1.54) is 32.1 Å². The van der Waals surface area contributed by atoms with Gasteiger partial charge in [-0.25, -0.2) is 0 Å². The smallest absolute Gasteiger partial charge is 0.239 e. The second-order valence-corrected chi connectivity index (χ2v) is 7.49. The van der Waals surface area contributed by atoms with Crippen molar-refractivity contribution < 1.29 is 9.53 Å². The van der Waals surface area contributed by atoms with Crippen LogP contribution < -0.4 is 5.32 Å². The van der Waals surface area contributed by atoms with Gasteiger partial charge in [-0.1, -0.05) is 6.42 Å². The second-order valence-electron chi connectivity index (χ2n) is 7.49. The fourth-order valence-corrected chi connectivity index (χ4v) is 4.01. The molecule has 1 amide bonds. The average Bonchev–Trinajstić information content (AvgIpc) is 3.18. The number of carbonyl (C=O) groups is 1. The largest absolute Gasteiger partial charge is 0.369 e. The summed E-state index contributed by atoms with van der Waals surface area (Å²) in [5, 5.41) is 2.80. The molecular weight excluding hydrogens is 266 g/mol. The number of carbonyl (C=O) groups excluding carboxylic acids is 1. The van der Waals surface area contributed by atoms with Crippen molar-refractivity contribution in [3.05, 3.63) is 0 Å². The van der Waals surface area contributed by atoms with Crippen LogP contribution in [0.1, 0.15) is 32.1 Å². The van der Waals surface area contributed by atoms with Gasteiger partial charge in [0.25, 0.3) is 0 Å². The van der Waals surface area contributed by atoms with E-state index >= 15 is 0 Å². The van der Waals surface area contributed by atoms with E-state index in [0.29, 0.717) is 6.61 Å². The molecule has 2 aliphatic carbocycles. The molecule has 5 heteroatoms. The third-order valence-electron chi connectivity index (χ3n) is 5.79. The number of rotatable bonds is 4. The molecule has 0 bridgehead atoms. The molecule has 0 unspecified atom stereocenters. The minimum absolute atomic E-state index is 0.00893. The van der Waals surface area contributed by atoms with Gasteiger partial charge in [0, 0.05) is 39.3 Å². The Kier molecular flexibility index (Phi) is 3.47. The van der Waals surface area contributed by atoms with Crippen molar-refractivity contribution >= 4 is 5.91 Å². The highest BCUT2D eigenvalue weighted by molar-refractivity contribution is 5.81. The van der Waals surface area contributed by atoms with E-state index in [-0.39, 0.29) is 17.6 Å². The van der Waals surface area contributed by atoms with Crippen LogP contribution in [0.25, 0.3) is 0 Å². The second kappa shape index (κ2) is 5.21. The summed E-state index contributed by atoms with van der Waals surface area (Å²) in [6.07, 6.45) is 6.78. The molecule has 2 saturated heterocycles. The minimum atomic E-state index is -0.0843. The first-order valence-corrected chi connectivity index (χ1v) is 8.53. The van der Waals surface area contributed by atoms with Crippen molar-refractivity contribution in [1.82, 2.24) is 15.1 Å². The van der Waals surface area contributed by atoms with Crippen LogP contribution >= 0.6 is 0 Å². The van der Waals surface area contributed by atoms with E-state index in [4.69, 9.17) is 4.74 Å². The molecule has 21 heavy (non-hydrogen) atoms. The zero-order chi connectivity index (χ0) is 14.4. The van der Waals surface area contributed by atoms with Gasteiger partial charge in [0.05, 0.1) is 6.61 Å². The molecule has 1 atom stereocenters. The number of likely N-dealkylation sites (N-methyl/N-ethyl adjacent to an activating group) is 1. The SMILES string of the molecule is CNC(=O)[C@H]1COC2(CN(C3CCC3)C2)CN1CC1CC1. The lowest BCUT2D eigenvalue weighted by Crippen LogP contribution is -2.74. The Hall–Kier alpha value is -0.650. The highest BCUT2D eigenvalue weighted by Crippen LogP contribution is 2.39. The van der Waals surface area contributed by atoms with Gasteiger partial charge >= 0.3 is 0 Å². The Bertz CT molecular complexity index is 414. The Morgan fingerprint density at radius 3 is 2.57 bits per heavy atom. The lowest BCUT2D eigenvalue weighted by molar-refractivity contribution is -0.212. The fourth-order valence-electron chi connectivity index (χ4n) is 4.01. The van der Waals surface area contributed by atoms with E-state index in [1.54, 1.807) is 7.05 Å². The first kappa shape index (κ1) is 14.0. The van der Waals surface area contributed by atoms with Crippen molar-refractivity contribution in [1.29, 1.82) is 0 Å². The molecule has 1 N–H and O–H groups in total. The van der Waals surface area contributed by atoms with E-state index in [9.17, 15) is 4.79 Å². The molecule has 0 aromatic rings. The van der Waals surface area contributed by atoms with Crippen LogP contribution in [-0.2, 0) is 9.53 Å². The first-order valence-electron chi connectivity index (χ1n) is 8.53. The number of hydrogen-bond donors (Lipinski definition) is 1. The van der Waals surface area contributed by atoms with E-state index < -0.39 is 0 Å². The van der Waals surface area contributed by atoms with Gasteiger partial charge in [0.2, 0.25) is 5.91 Å². The molecular formula is C16H27N3O2. The zero-order valence-electron chi connectivity index (χ0n) is 13.0. The van der Waals surface area contributed by atoms with Gasteiger partial charge in [-0.3, -0.25) is 14.6 Å². The Morgan fingerprint density at radius 1 is 1.24 bits per heavy atom. The minimum Gasteiger partial charge on any atom is -0.369 e. The molecule has 4 aliphatic rings. The number of hydrogen-bond acceptors (Lipinski definition) is 4. The molecule has 2 saturated carbocycles. The van der Waals surface area contributed by atoms with E-state index in [2.05, 4.69) is 15.1 Å². The molecule has 0 aromatic heterocycles. The summed E-state index contributed by atoms with van der Waals surface area (Å²) in [6.45, 7) is 4.71. The molecule has 1 spiro atoms. The van der Waals surface area contributed by atoms with E-state index in [1.807, 2.05) is 0 Å². The number of nitrogens with one attached hydrogen (secondary N) is 1. The van der Waals surface area contributed by atoms with Crippen LogP contribution in [0.15, 0.2) is 0 Å². The molecule has 0 radical (unpaired) electrons. The van der Waals surface area contributed by atoms with Crippen molar-refractivity contribution in [3.63, 3.8) is 0 Å². The van der Waals surface area contributed by atoms with Crippen molar-refractivity contribution in [3.8, 4) is 0 Å². The highest BCUT2D eigenvalue weighted by Gasteiger charge is 2.52. The van der Waals surface area contributed by atoms with E-state index in [0.717, 1.165) is 38.1 Å². The van der Waals surface area contributed by atoms with Crippen LogP contribution in [0.5, 0.6) is 0 Å². The third-order valence-corrected chi connectivity index (χ3v) is 5.79. The van der Waals surface area contributed by atoms with Gasteiger partial charge in [-0.05, 0) is 31.6 Å². The maximum absolute atomic E-state index is 12.1. The standard InChI is InChI=1S/C16H27N3O2/c1-17-15(20)14-8-21-16(9-18(14)7-12-5-6-12)10-19(11-16)13-3-2-4-13/h12-14H,2-11H2,1H3,(H,17,20)/t14-/m1/s1. The number of nitrogens with zero attached hydrogens (tertiary/aromatic N) is 2. The summed E-state index contributed by atoms with van der Waals surface area (Å²) in [4.78, 5) is 17.1. The van der Waals surface area contributed by atoms with Crippen molar-refractivity contribution in [2.45, 2.75) is 49.8 Å². The maximum atomic E-state index is 12.1. The normalized spacial score (nSPS) is 33.5. The van der Waals surface area contributed by atoms with Crippen LogP contribution in [0.2, 0.25) is 0 Å². The molecule has 118 valence electrons. The molecule has 2 heterocycles. The molecule has 4 fully saturated rings. The van der Waals surface area contributed by atoms with Crippen molar-refractivity contribution in [2.24, 2.45) is 5.92 Å². The maximum Gasteiger partial charge on any atom is 0.239 e. The zero-order valence-corrected chi connectivity index (χ0v) is 13.0. The van der Waals surface area contributed by atoms with Crippen LogP contribution in [0, 0.1) is 5.92 Å².